The Morgan fingerprint density at radius 1 is 0.905 bits per heavy atom. The van der Waals surface area contributed by atoms with Crippen molar-refractivity contribution in [3.8, 4) is 0 Å². The lowest BCUT2D eigenvalue weighted by molar-refractivity contribution is 0.627. The quantitative estimate of drug-likeness (QED) is 0.779. The molecule has 0 aliphatic carbocycles. The highest BCUT2D eigenvalue weighted by molar-refractivity contribution is 5.95. The van der Waals surface area contributed by atoms with Gasteiger partial charge >= 0.3 is 0 Å². The van der Waals surface area contributed by atoms with Gasteiger partial charge in [0.15, 0.2) is 0 Å². The molecule has 0 heterocycles. The molecule has 2 aromatic carbocycles. The molecule has 0 aliphatic rings. The predicted octanol–water partition coefficient (Wildman–Crippen LogP) is 5.07. The monoisotopic (exact) mass is 286 g/mol. The fourth-order valence-electron chi connectivity index (χ4n) is 1.86. The number of rotatable bonds is 4. The average Bonchev–Trinajstić information content (AvgIpc) is 2.44. The Balaban J connectivity index is 2.06. The molecule has 108 valence electrons. The van der Waals surface area contributed by atoms with Crippen LogP contribution in [0.15, 0.2) is 65.3 Å². The molecule has 0 radical (unpaired) electrons. The second-order valence-corrected chi connectivity index (χ2v) is 4.69. The summed E-state index contributed by atoms with van der Waals surface area (Å²) >= 11 is 0. The van der Waals surface area contributed by atoms with E-state index in [1.54, 1.807) is 24.3 Å². The van der Waals surface area contributed by atoms with E-state index in [1.807, 2.05) is 19.9 Å². The Bertz CT molecular complexity index is 656. The van der Waals surface area contributed by atoms with Crippen molar-refractivity contribution in [2.75, 3.05) is 5.32 Å². The van der Waals surface area contributed by atoms with E-state index in [0.717, 1.165) is 17.1 Å². The maximum atomic E-state index is 12.8. The smallest absolute Gasteiger partial charge is 0.123 e. The first-order valence-corrected chi connectivity index (χ1v) is 6.55. The highest BCUT2D eigenvalue weighted by Crippen LogP contribution is 2.14. The molecule has 1 N–H and O–H groups in total. The minimum atomic E-state index is -0.281. The summed E-state index contributed by atoms with van der Waals surface area (Å²) in [6.07, 6.45) is 1.87. The van der Waals surface area contributed by atoms with E-state index in [-0.39, 0.29) is 11.6 Å². The summed E-state index contributed by atoms with van der Waals surface area (Å²) in [5, 5.41) is 3.15. The van der Waals surface area contributed by atoms with E-state index in [9.17, 15) is 8.78 Å². The molecule has 2 rings (SSSR count). The summed E-state index contributed by atoms with van der Waals surface area (Å²) in [7, 11) is 0. The summed E-state index contributed by atoms with van der Waals surface area (Å²) in [6.45, 7) is 3.76. The van der Waals surface area contributed by atoms with Crippen molar-refractivity contribution in [1.29, 1.82) is 0 Å². The average molecular weight is 286 g/mol. The van der Waals surface area contributed by atoms with Crippen molar-refractivity contribution in [3.63, 3.8) is 0 Å². The van der Waals surface area contributed by atoms with Crippen LogP contribution in [0.4, 0.5) is 20.2 Å². The van der Waals surface area contributed by atoms with Crippen molar-refractivity contribution in [2.45, 2.75) is 13.8 Å². The van der Waals surface area contributed by atoms with Crippen LogP contribution in [0.3, 0.4) is 0 Å². The summed E-state index contributed by atoms with van der Waals surface area (Å²) in [5.41, 5.74) is 3.16. The Kier molecular flexibility index (Phi) is 4.82. The first-order valence-electron chi connectivity index (χ1n) is 6.55. The van der Waals surface area contributed by atoms with Crippen LogP contribution in [0.5, 0.6) is 0 Å². The number of nitrogens with one attached hydrogen (secondary N) is 1. The van der Waals surface area contributed by atoms with Crippen molar-refractivity contribution in [1.82, 2.24) is 0 Å². The molecule has 0 atom stereocenters. The molecule has 0 amide bonds. The molecule has 0 unspecified atom stereocenters. The molecule has 2 nitrogen and oxygen atoms in total. The van der Waals surface area contributed by atoms with Gasteiger partial charge in [0.2, 0.25) is 0 Å². The molecule has 4 heteroatoms. The number of benzene rings is 2. The van der Waals surface area contributed by atoms with Gasteiger partial charge in [-0.15, -0.1) is 0 Å². The summed E-state index contributed by atoms with van der Waals surface area (Å²) in [4.78, 5) is 4.37. The van der Waals surface area contributed by atoms with Crippen molar-refractivity contribution in [2.24, 2.45) is 4.99 Å². The Morgan fingerprint density at radius 3 is 2.00 bits per heavy atom. The van der Waals surface area contributed by atoms with Crippen LogP contribution in [0.25, 0.3) is 0 Å². The van der Waals surface area contributed by atoms with E-state index in [4.69, 9.17) is 0 Å². The van der Waals surface area contributed by atoms with Gasteiger partial charge in [0.05, 0.1) is 5.69 Å². The van der Waals surface area contributed by atoms with Gasteiger partial charge in [-0.25, -0.2) is 8.78 Å². The fourth-order valence-corrected chi connectivity index (χ4v) is 1.86. The van der Waals surface area contributed by atoms with E-state index in [1.165, 1.54) is 24.3 Å². The van der Waals surface area contributed by atoms with Crippen LogP contribution in [0.1, 0.15) is 13.8 Å². The lowest BCUT2D eigenvalue weighted by Crippen LogP contribution is -1.98. The van der Waals surface area contributed by atoms with Crippen LogP contribution in [-0.2, 0) is 0 Å². The second-order valence-electron chi connectivity index (χ2n) is 4.69. The normalized spacial score (nSPS) is 12.4. The number of hydrogen-bond donors (Lipinski definition) is 1. The number of halogens is 2. The molecule has 0 saturated heterocycles. The molecule has 0 spiro atoms. The minimum absolute atomic E-state index is 0.267. The highest BCUT2D eigenvalue weighted by Gasteiger charge is 1.96. The number of anilines is 1. The topological polar surface area (TPSA) is 24.4 Å². The molecule has 21 heavy (non-hydrogen) atoms. The standard InChI is InChI=1S/C17H16F2N2/c1-12(20-16-7-3-14(18)4-8-16)11-13(2)21-17-9-5-15(19)6-10-17/h3-11,20H,1-2H3/b12-11+,21-13?. The molecular formula is C17H16F2N2. The number of nitrogens with zero attached hydrogens (tertiary/aromatic N) is 1. The van der Waals surface area contributed by atoms with Crippen LogP contribution < -0.4 is 5.32 Å². The Hall–Kier alpha value is -2.49. The van der Waals surface area contributed by atoms with Crippen LogP contribution in [-0.4, -0.2) is 5.71 Å². The molecule has 0 aliphatic heterocycles. The molecular weight excluding hydrogens is 270 g/mol. The third kappa shape index (κ3) is 4.84. The van der Waals surface area contributed by atoms with E-state index in [0.29, 0.717) is 5.69 Å². The number of aliphatic imine (C=N–C) groups is 1. The van der Waals surface area contributed by atoms with Gasteiger partial charge in [0.25, 0.3) is 0 Å². The minimum Gasteiger partial charge on any atom is -0.359 e. The van der Waals surface area contributed by atoms with Gasteiger partial charge in [-0.05, 0) is 68.5 Å². The van der Waals surface area contributed by atoms with E-state index < -0.39 is 0 Å². The maximum absolute atomic E-state index is 12.8. The van der Waals surface area contributed by atoms with Gasteiger partial charge < -0.3 is 5.32 Å². The molecule has 2 aromatic rings. The maximum Gasteiger partial charge on any atom is 0.123 e. The molecule has 0 saturated carbocycles. The first kappa shape index (κ1) is 14.9. The Morgan fingerprint density at radius 2 is 1.43 bits per heavy atom. The van der Waals surface area contributed by atoms with Gasteiger partial charge in [-0.2, -0.15) is 0 Å². The Labute approximate surface area is 122 Å². The van der Waals surface area contributed by atoms with Crippen LogP contribution in [0.2, 0.25) is 0 Å². The van der Waals surface area contributed by atoms with Gasteiger partial charge in [-0.1, -0.05) is 0 Å². The van der Waals surface area contributed by atoms with Crippen molar-refractivity contribution >= 4 is 17.1 Å². The lowest BCUT2D eigenvalue weighted by Gasteiger charge is -2.06. The molecule has 0 aromatic heterocycles. The van der Waals surface area contributed by atoms with Crippen LogP contribution in [0, 0.1) is 11.6 Å². The third-order valence-corrected chi connectivity index (χ3v) is 2.74. The number of hydrogen-bond acceptors (Lipinski definition) is 2. The SMILES string of the molecule is CC(/C=C(\C)Nc1ccc(F)cc1)=Nc1ccc(F)cc1. The first-order chi connectivity index (χ1) is 10.0. The van der Waals surface area contributed by atoms with E-state index in [2.05, 4.69) is 10.3 Å². The largest absolute Gasteiger partial charge is 0.359 e. The lowest BCUT2D eigenvalue weighted by atomic mass is 10.2. The summed E-state index contributed by atoms with van der Waals surface area (Å²) in [6, 6.07) is 12.1. The summed E-state index contributed by atoms with van der Waals surface area (Å²) in [5.74, 6) is -0.549. The van der Waals surface area contributed by atoms with E-state index >= 15 is 0 Å². The van der Waals surface area contributed by atoms with Crippen molar-refractivity contribution < 1.29 is 8.78 Å². The van der Waals surface area contributed by atoms with Gasteiger partial charge in [0.1, 0.15) is 11.6 Å². The summed E-state index contributed by atoms with van der Waals surface area (Å²) < 4.78 is 25.6. The van der Waals surface area contributed by atoms with Crippen LogP contribution >= 0.6 is 0 Å². The third-order valence-electron chi connectivity index (χ3n) is 2.74. The highest BCUT2D eigenvalue weighted by atomic mass is 19.1. The zero-order chi connectivity index (χ0) is 15.2. The van der Waals surface area contributed by atoms with Gasteiger partial charge in [0, 0.05) is 17.1 Å². The van der Waals surface area contributed by atoms with Crippen molar-refractivity contribution in [3.05, 3.63) is 71.9 Å². The zero-order valence-corrected chi connectivity index (χ0v) is 11.9. The molecule has 0 fully saturated rings. The fraction of sp³-hybridized carbons (Fsp3) is 0.118. The predicted molar refractivity (Wildman–Crippen MR) is 82.9 cm³/mol. The molecule has 0 bridgehead atoms. The van der Waals surface area contributed by atoms with Gasteiger partial charge in [-0.3, -0.25) is 4.99 Å². The number of allylic oxidation sites excluding steroid dienone is 2. The second kappa shape index (κ2) is 6.79. The zero-order valence-electron chi connectivity index (χ0n) is 11.9.